The van der Waals surface area contributed by atoms with Gasteiger partial charge in [-0.05, 0) is 29.8 Å². The number of nitrogens with zero attached hydrogens (tertiary/aromatic N) is 3. The molecule has 2 unspecified atom stereocenters. The van der Waals surface area contributed by atoms with Crippen molar-refractivity contribution in [2.24, 2.45) is 17.3 Å². The van der Waals surface area contributed by atoms with Crippen LogP contribution in [-0.4, -0.2) is 40.1 Å². The summed E-state index contributed by atoms with van der Waals surface area (Å²) in [5.74, 6) is -0.604. The number of nitrogens with one attached hydrogen (secondary N) is 2. The Morgan fingerprint density at radius 1 is 1.18 bits per heavy atom. The number of rotatable bonds is 3. The summed E-state index contributed by atoms with van der Waals surface area (Å²) in [7, 11) is 5.12. The molecule has 1 aliphatic heterocycles. The van der Waals surface area contributed by atoms with E-state index in [1.165, 1.54) is 12.0 Å². The van der Waals surface area contributed by atoms with Crippen molar-refractivity contribution in [2.45, 2.75) is 5.92 Å². The standard InChI is InChI=1S/C21H21N5O2/c1-26-7-6-14-16(9-22)20(25)21(11-23,12-24)19(17(14)10-26)15-8-13(27-2)4-5-18(15)28-3/h4-6,8,16-17,19,25H,7,10H2,1-3H3/p+1/t16?,17-,19+/m0/s1. The van der Waals surface area contributed by atoms with Crippen LogP contribution in [0.1, 0.15) is 11.5 Å². The molecule has 0 saturated heterocycles. The third kappa shape index (κ3) is 2.71. The molecule has 1 aromatic rings. The van der Waals surface area contributed by atoms with Gasteiger partial charge in [0.1, 0.15) is 17.4 Å². The highest BCUT2D eigenvalue weighted by atomic mass is 16.5. The second-order valence-electron chi connectivity index (χ2n) is 7.27. The van der Waals surface area contributed by atoms with Gasteiger partial charge in [-0.25, -0.2) is 0 Å². The van der Waals surface area contributed by atoms with E-state index in [0.29, 0.717) is 23.6 Å². The summed E-state index contributed by atoms with van der Waals surface area (Å²) in [4.78, 5) is 1.22. The van der Waals surface area contributed by atoms with Crippen molar-refractivity contribution >= 4 is 5.71 Å². The van der Waals surface area contributed by atoms with Crippen molar-refractivity contribution in [3.63, 3.8) is 0 Å². The van der Waals surface area contributed by atoms with Gasteiger partial charge < -0.3 is 19.8 Å². The summed E-state index contributed by atoms with van der Waals surface area (Å²) in [6.45, 7) is 1.40. The minimum absolute atomic E-state index is 0.156. The molecule has 4 atom stereocenters. The quantitative estimate of drug-likeness (QED) is 0.765. The van der Waals surface area contributed by atoms with Gasteiger partial charge in [0.15, 0.2) is 5.41 Å². The summed E-state index contributed by atoms with van der Waals surface area (Å²) in [5, 5.41) is 38.5. The van der Waals surface area contributed by atoms with Crippen molar-refractivity contribution in [3.05, 3.63) is 35.4 Å². The molecule has 28 heavy (non-hydrogen) atoms. The number of fused-ring (bicyclic) bond motifs is 1. The van der Waals surface area contributed by atoms with Crippen molar-refractivity contribution in [1.82, 2.24) is 0 Å². The van der Waals surface area contributed by atoms with E-state index < -0.39 is 17.3 Å². The first-order valence-electron chi connectivity index (χ1n) is 9.01. The van der Waals surface area contributed by atoms with Gasteiger partial charge in [0.25, 0.3) is 0 Å². The van der Waals surface area contributed by atoms with Crippen molar-refractivity contribution in [3.8, 4) is 29.7 Å². The Kier molecular flexibility index (Phi) is 5.10. The van der Waals surface area contributed by atoms with Crippen LogP contribution in [0.5, 0.6) is 11.5 Å². The van der Waals surface area contributed by atoms with Gasteiger partial charge in [-0.3, -0.25) is 0 Å². The van der Waals surface area contributed by atoms with Gasteiger partial charge in [-0.15, -0.1) is 0 Å². The van der Waals surface area contributed by atoms with E-state index in [2.05, 4.69) is 18.2 Å². The summed E-state index contributed by atoms with van der Waals surface area (Å²) in [5.41, 5.74) is -0.428. The van der Waals surface area contributed by atoms with E-state index in [9.17, 15) is 15.8 Å². The van der Waals surface area contributed by atoms with E-state index in [4.69, 9.17) is 14.9 Å². The normalized spacial score (nSPS) is 28.0. The topological polar surface area (TPSA) is 118 Å². The lowest BCUT2D eigenvalue weighted by Gasteiger charge is -2.46. The lowest BCUT2D eigenvalue weighted by atomic mass is 9.54. The number of hydrogen-bond donors (Lipinski definition) is 2. The molecule has 0 radical (unpaired) electrons. The van der Waals surface area contributed by atoms with Crippen LogP contribution >= 0.6 is 0 Å². The fourth-order valence-corrected chi connectivity index (χ4v) is 4.48. The van der Waals surface area contributed by atoms with Crippen LogP contribution in [0.2, 0.25) is 0 Å². The van der Waals surface area contributed by atoms with E-state index in [1.54, 1.807) is 25.3 Å². The van der Waals surface area contributed by atoms with Crippen LogP contribution in [0, 0.1) is 56.7 Å². The first-order chi connectivity index (χ1) is 13.5. The number of benzene rings is 1. The van der Waals surface area contributed by atoms with Gasteiger partial charge in [0, 0.05) is 17.4 Å². The smallest absolute Gasteiger partial charge is 0.190 e. The van der Waals surface area contributed by atoms with Crippen LogP contribution < -0.4 is 14.4 Å². The van der Waals surface area contributed by atoms with Gasteiger partial charge in [-0.1, -0.05) is 0 Å². The molecule has 0 aromatic heterocycles. The number of ether oxygens (including phenoxy) is 2. The predicted octanol–water partition coefficient (Wildman–Crippen LogP) is 1.07. The minimum atomic E-state index is -1.75. The van der Waals surface area contributed by atoms with Crippen molar-refractivity contribution < 1.29 is 14.4 Å². The predicted molar refractivity (Wildman–Crippen MR) is 101 cm³/mol. The Hall–Kier alpha value is -3.34. The Bertz CT molecular complexity index is 948. The Labute approximate surface area is 164 Å². The zero-order valence-electron chi connectivity index (χ0n) is 16.1. The molecule has 0 spiro atoms. The van der Waals surface area contributed by atoms with Crippen LogP contribution in [0.3, 0.4) is 0 Å². The molecule has 1 saturated carbocycles. The highest BCUT2D eigenvalue weighted by Crippen LogP contribution is 2.54. The van der Waals surface area contributed by atoms with Gasteiger partial charge >= 0.3 is 0 Å². The van der Waals surface area contributed by atoms with E-state index >= 15 is 0 Å². The molecule has 2 aliphatic rings. The highest BCUT2D eigenvalue weighted by Gasteiger charge is 2.59. The average molecular weight is 376 g/mol. The lowest BCUT2D eigenvalue weighted by Crippen LogP contribution is -3.10. The number of hydrogen-bond acceptors (Lipinski definition) is 6. The van der Waals surface area contributed by atoms with Crippen molar-refractivity contribution in [2.75, 3.05) is 34.4 Å². The molecule has 1 aromatic carbocycles. The fourth-order valence-electron chi connectivity index (χ4n) is 4.48. The molecule has 3 rings (SSSR count). The maximum atomic E-state index is 10.1. The Balaban J connectivity index is 2.33. The number of likely N-dealkylation sites (N-methyl/N-ethyl adjacent to an activating group) is 1. The molecule has 2 N–H and O–H groups in total. The lowest BCUT2D eigenvalue weighted by molar-refractivity contribution is -0.878. The molecule has 7 heteroatoms. The molecule has 7 nitrogen and oxygen atoms in total. The van der Waals surface area contributed by atoms with E-state index in [0.717, 1.165) is 12.1 Å². The first kappa shape index (κ1) is 19.4. The monoisotopic (exact) mass is 376 g/mol. The minimum Gasteiger partial charge on any atom is -0.497 e. The second-order valence-corrected chi connectivity index (χ2v) is 7.27. The summed E-state index contributed by atoms with van der Waals surface area (Å²) in [6.07, 6.45) is 1.99. The zero-order chi connectivity index (χ0) is 20.5. The Morgan fingerprint density at radius 3 is 2.46 bits per heavy atom. The maximum Gasteiger partial charge on any atom is 0.190 e. The number of quaternary nitrogens is 1. The number of methoxy groups -OCH3 is 2. The van der Waals surface area contributed by atoms with E-state index in [-0.39, 0.29) is 11.6 Å². The Morgan fingerprint density at radius 2 is 1.89 bits per heavy atom. The molecule has 0 bridgehead atoms. The van der Waals surface area contributed by atoms with Crippen molar-refractivity contribution in [1.29, 1.82) is 21.2 Å². The number of nitriles is 3. The first-order valence-corrected chi connectivity index (χ1v) is 9.01. The molecular formula is C21H22N5O2+. The third-order valence-corrected chi connectivity index (χ3v) is 5.85. The van der Waals surface area contributed by atoms with Gasteiger partial charge in [-0.2, -0.15) is 15.8 Å². The molecule has 142 valence electrons. The summed E-state index contributed by atoms with van der Waals surface area (Å²) < 4.78 is 10.9. The summed E-state index contributed by atoms with van der Waals surface area (Å²) in [6, 6.07) is 11.6. The van der Waals surface area contributed by atoms with Crippen LogP contribution in [0.25, 0.3) is 0 Å². The highest BCUT2D eigenvalue weighted by molar-refractivity contribution is 6.01. The molecule has 1 aliphatic carbocycles. The second kappa shape index (κ2) is 7.35. The van der Waals surface area contributed by atoms with Crippen LogP contribution in [0.15, 0.2) is 29.8 Å². The molecule has 0 amide bonds. The SMILES string of the molecule is COc1ccc(OC)c([C@@H]2[C@H]3C[NH+](C)CC=C3C(C#N)C(=N)C2(C#N)C#N)c1. The maximum absolute atomic E-state index is 10.1. The van der Waals surface area contributed by atoms with Crippen LogP contribution in [-0.2, 0) is 0 Å². The van der Waals surface area contributed by atoms with Gasteiger partial charge in [0.05, 0.1) is 58.3 Å². The molecule has 1 fully saturated rings. The average Bonchev–Trinajstić information content (AvgIpc) is 2.72. The largest absolute Gasteiger partial charge is 0.497 e. The zero-order valence-corrected chi connectivity index (χ0v) is 16.1. The third-order valence-electron chi connectivity index (χ3n) is 5.85. The van der Waals surface area contributed by atoms with Crippen LogP contribution in [0.4, 0.5) is 0 Å². The summed E-state index contributed by atoms with van der Waals surface area (Å²) >= 11 is 0. The fraction of sp³-hybridized carbons (Fsp3) is 0.429. The molecular weight excluding hydrogens is 354 g/mol. The molecule has 1 heterocycles. The van der Waals surface area contributed by atoms with E-state index in [1.807, 2.05) is 13.1 Å². The van der Waals surface area contributed by atoms with Gasteiger partial charge in [0.2, 0.25) is 0 Å².